The highest BCUT2D eigenvalue weighted by Gasteiger charge is 2.07. The molecule has 0 saturated carbocycles. The summed E-state index contributed by atoms with van der Waals surface area (Å²) in [6, 6.07) is 10.0. The van der Waals surface area contributed by atoms with Crippen LogP contribution in [0, 0.1) is 0 Å². The zero-order valence-corrected chi connectivity index (χ0v) is 12.5. The number of aromatic nitrogens is 3. The van der Waals surface area contributed by atoms with Crippen LogP contribution in [0.25, 0.3) is 0 Å². The number of benzene rings is 1. The normalized spacial score (nSPS) is 10.4. The Morgan fingerprint density at radius 2 is 1.87 bits per heavy atom. The van der Waals surface area contributed by atoms with E-state index >= 15 is 0 Å². The van der Waals surface area contributed by atoms with Crippen molar-refractivity contribution in [3.8, 4) is 0 Å². The van der Waals surface area contributed by atoms with Crippen LogP contribution < -0.4 is 11.1 Å². The third kappa shape index (κ3) is 3.74. The summed E-state index contributed by atoms with van der Waals surface area (Å²) < 4.78 is 2.02. The molecule has 0 aliphatic heterocycles. The van der Waals surface area contributed by atoms with Crippen LogP contribution in [0.2, 0.25) is 0 Å². The van der Waals surface area contributed by atoms with E-state index < -0.39 is 5.91 Å². The van der Waals surface area contributed by atoms with Crippen molar-refractivity contribution in [3.63, 3.8) is 0 Å². The fourth-order valence-corrected chi connectivity index (χ4v) is 2.30. The maximum absolute atomic E-state index is 11.4. The molecule has 0 aliphatic rings. The lowest BCUT2D eigenvalue weighted by molar-refractivity contribution is 0.100. The van der Waals surface area contributed by atoms with Crippen molar-refractivity contribution in [3.05, 3.63) is 78.1 Å². The van der Waals surface area contributed by atoms with Crippen LogP contribution in [0.4, 0.5) is 5.69 Å². The molecule has 3 N–H and O–H groups in total. The van der Waals surface area contributed by atoms with Crippen LogP contribution in [-0.2, 0) is 13.1 Å². The summed E-state index contributed by atoms with van der Waals surface area (Å²) in [6.45, 7) is 1.40. The van der Waals surface area contributed by atoms with Crippen molar-refractivity contribution in [2.75, 3.05) is 5.32 Å². The van der Waals surface area contributed by atoms with Gasteiger partial charge < -0.3 is 15.6 Å². The molecule has 6 heteroatoms. The average molecular weight is 307 g/mol. The highest BCUT2D eigenvalue weighted by Crippen LogP contribution is 2.15. The largest absolute Gasteiger partial charge is 0.380 e. The van der Waals surface area contributed by atoms with Crippen LogP contribution >= 0.6 is 0 Å². The number of rotatable bonds is 6. The van der Waals surface area contributed by atoms with Gasteiger partial charge in [-0.15, -0.1) is 0 Å². The van der Waals surface area contributed by atoms with Gasteiger partial charge in [-0.3, -0.25) is 9.78 Å². The second kappa shape index (κ2) is 6.74. The van der Waals surface area contributed by atoms with Crippen LogP contribution in [0.1, 0.15) is 21.5 Å². The fraction of sp³-hybridized carbons (Fsp3) is 0.118. The van der Waals surface area contributed by atoms with Crippen molar-refractivity contribution < 1.29 is 4.79 Å². The first-order valence-corrected chi connectivity index (χ1v) is 7.23. The topological polar surface area (TPSA) is 85.8 Å². The van der Waals surface area contributed by atoms with Crippen LogP contribution in [-0.4, -0.2) is 20.4 Å². The summed E-state index contributed by atoms with van der Waals surface area (Å²) in [5.41, 5.74) is 8.74. The van der Waals surface area contributed by atoms with E-state index in [1.54, 1.807) is 24.8 Å². The Bertz CT molecular complexity index is 781. The van der Waals surface area contributed by atoms with E-state index in [1.807, 2.05) is 10.8 Å². The molecule has 0 fully saturated rings. The second-order valence-electron chi connectivity index (χ2n) is 5.19. The lowest BCUT2D eigenvalue weighted by Gasteiger charge is -2.10. The molecule has 0 radical (unpaired) electrons. The third-order valence-corrected chi connectivity index (χ3v) is 3.52. The van der Waals surface area contributed by atoms with E-state index in [2.05, 4.69) is 39.6 Å². The van der Waals surface area contributed by atoms with Gasteiger partial charge in [0.2, 0.25) is 0 Å². The SMILES string of the molecule is NC(=O)c1cnccc1NCc1ccc(Cn2ccnc2)cc1. The number of primary amides is 1. The maximum atomic E-state index is 11.4. The smallest absolute Gasteiger partial charge is 0.252 e. The molecule has 0 aliphatic carbocycles. The van der Waals surface area contributed by atoms with Gasteiger partial charge in [-0.05, 0) is 17.2 Å². The van der Waals surface area contributed by atoms with E-state index in [-0.39, 0.29) is 0 Å². The second-order valence-corrected chi connectivity index (χ2v) is 5.19. The van der Waals surface area contributed by atoms with Crippen LogP contribution in [0.15, 0.2) is 61.4 Å². The van der Waals surface area contributed by atoms with Gasteiger partial charge in [0.05, 0.1) is 17.6 Å². The van der Waals surface area contributed by atoms with Gasteiger partial charge in [0.25, 0.3) is 5.91 Å². The number of carbonyl (C=O) groups excluding carboxylic acids is 1. The minimum absolute atomic E-state index is 0.393. The van der Waals surface area contributed by atoms with Crippen molar-refractivity contribution in [2.24, 2.45) is 5.73 Å². The summed E-state index contributed by atoms with van der Waals surface area (Å²) in [7, 11) is 0. The van der Waals surface area contributed by atoms with Gasteiger partial charge in [0, 0.05) is 37.9 Å². The van der Waals surface area contributed by atoms with E-state index in [0.717, 1.165) is 12.1 Å². The predicted octanol–water partition coefficient (Wildman–Crippen LogP) is 2.04. The molecule has 3 rings (SSSR count). The molecule has 1 amide bonds. The van der Waals surface area contributed by atoms with Crippen molar-refractivity contribution in [2.45, 2.75) is 13.1 Å². The molecule has 23 heavy (non-hydrogen) atoms. The minimum Gasteiger partial charge on any atom is -0.380 e. The van der Waals surface area contributed by atoms with Crippen LogP contribution in [0.5, 0.6) is 0 Å². The Kier molecular flexibility index (Phi) is 4.33. The summed E-state index contributed by atoms with van der Waals surface area (Å²) >= 11 is 0. The van der Waals surface area contributed by atoms with E-state index in [9.17, 15) is 4.79 Å². The lowest BCUT2D eigenvalue weighted by atomic mass is 10.1. The Morgan fingerprint density at radius 3 is 2.57 bits per heavy atom. The van der Waals surface area contributed by atoms with Crippen molar-refractivity contribution in [1.82, 2.24) is 14.5 Å². The summed E-state index contributed by atoms with van der Waals surface area (Å²) in [6.07, 6.45) is 8.60. The molecule has 0 spiro atoms. The summed E-state index contributed by atoms with van der Waals surface area (Å²) in [5, 5.41) is 3.22. The minimum atomic E-state index is -0.490. The number of nitrogens with two attached hydrogens (primary N) is 1. The molecule has 0 saturated heterocycles. The fourth-order valence-electron chi connectivity index (χ4n) is 2.30. The number of nitrogens with zero attached hydrogens (tertiary/aromatic N) is 3. The Labute approximate surface area is 134 Å². The van der Waals surface area contributed by atoms with Gasteiger partial charge in [0.15, 0.2) is 0 Å². The first kappa shape index (κ1) is 14.8. The van der Waals surface area contributed by atoms with Gasteiger partial charge in [0.1, 0.15) is 0 Å². The number of anilines is 1. The molecule has 6 nitrogen and oxygen atoms in total. The number of carbonyl (C=O) groups is 1. The molecular weight excluding hydrogens is 290 g/mol. The standard InChI is InChI=1S/C17H17N5O/c18-17(23)15-10-19-6-5-16(15)21-9-13-1-3-14(4-2-13)11-22-8-7-20-12-22/h1-8,10,12H,9,11H2,(H2,18,23)(H,19,21). The third-order valence-electron chi connectivity index (χ3n) is 3.52. The molecule has 2 heterocycles. The molecule has 1 aromatic carbocycles. The Morgan fingerprint density at radius 1 is 1.09 bits per heavy atom. The average Bonchev–Trinajstić information content (AvgIpc) is 3.07. The number of pyridine rings is 1. The van der Waals surface area contributed by atoms with Crippen molar-refractivity contribution in [1.29, 1.82) is 0 Å². The predicted molar refractivity (Wildman–Crippen MR) is 87.9 cm³/mol. The van der Waals surface area contributed by atoms with Gasteiger partial charge in [-0.2, -0.15) is 0 Å². The lowest BCUT2D eigenvalue weighted by Crippen LogP contribution is -2.14. The molecule has 2 aromatic heterocycles. The number of nitrogens with one attached hydrogen (secondary N) is 1. The Balaban J connectivity index is 1.64. The van der Waals surface area contributed by atoms with Crippen molar-refractivity contribution >= 4 is 11.6 Å². The molecule has 0 bridgehead atoms. The highest BCUT2D eigenvalue weighted by molar-refractivity contribution is 5.98. The van der Waals surface area contributed by atoms with Gasteiger partial charge in [-0.25, -0.2) is 4.98 Å². The molecule has 0 atom stereocenters. The maximum Gasteiger partial charge on any atom is 0.252 e. The number of hydrogen-bond donors (Lipinski definition) is 2. The first-order valence-electron chi connectivity index (χ1n) is 7.23. The molecular formula is C17H17N5O. The monoisotopic (exact) mass is 307 g/mol. The Hall–Kier alpha value is -3.15. The zero-order valence-electron chi connectivity index (χ0n) is 12.5. The van der Waals surface area contributed by atoms with E-state index in [1.165, 1.54) is 11.8 Å². The summed E-state index contributed by atoms with van der Waals surface area (Å²) in [4.78, 5) is 19.3. The molecule has 116 valence electrons. The van der Waals surface area contributed by atoms with Gasteiger partial charge in [-0.1, -0.05) is 24.3 Å². The molecule has 3 aromatic rings. The number of imidazole rings is 1. The number of amides is 1. The van der Waals surface area contributed by atoms with Gasteiger partial charge >= 0.3 is 0 Å². The quantitative estimate of drug-likeness (QED) is 0.729. The first-order chi connectivity index (χ1) is 11.2. The zero-order chi connectivity index (χ0) is 16.1. The van der Waals surface area contributed by atoms with E-state index in [4.69, 9.17) is 5.73 Å². The summed E-state index contributed by atoms with van der Waals surface area (Å²) in [5.74, 6) is -0.490. The number of hydrogen-bond acceptors (Lipinski definition) is 4. The highest BCUT2D eigenvalue weighted by atomic mass is 16.1. The molecule has 0 unspecified atom stereocenters. The van der Waals surface area contributed by atoms with E-state index in [0.29, 0.717) is 17.8 Å². The van der Waals surface area contributed by atoms with Crippen LogP contribution in [0.3, 0.4) is 0 Å².